The van der Waals surface area contributed by atoms with Crippen molar-refractivity contribution in [2.75, 3.05) is 0 Å². The van der Waals surface area contributed by atoms with Gasteiger partial charge in [-0.05, 0) is 36.0 Å². The van der Waals surface area contributed by atoms with E-state index >= 15 is 0 Å². The van der Waals surface area contributed by atoms with Gasteiger partial charge in [0, 0.05) is 21.1 Å². The van der Waals surface area contributed by atoms with E-state index in [1.807, 2.05) is 0 Å². The van der Waals surface area contributed by atoms with E-state index in [1.54, 1.807) is 0 Å². The highest BCUT2D eigenvalue weighted by molar-refractivity contribution is 6.23. The first-order valence-corrected chi connectivity index (χ1v) is 8.70. The van der Waals surface area contributed by atoms with E-state index in [4.69, 9.17) is 16.5 Å². The maximum absolute atomic E-state index is 13.3. The van der Waals surface area contributed by atoms with Crippen molar-refractivity contribution in [1.29, 1.82) is 5.41 Å². The molecular formula is C18H12N8O6. The number of carboxylic acid groups (broad SMARTS) is 1. The molecule has 0 saturated carbocycles. The Labute approximate surface area is 177 Å². The average molecular weight is 436 g/mol. The van der Waals surface area contributed by atoms with E-state index < -0.39 is 45.6 Å². The second-order valence-corrected chi connectivity index (χ2v) is 6.44. The number of carbonyl (C=O) groups is 2. The summed E-state index contributed by atoms with van der Waals surface area (Å²) in [6.45, 7) is 0. The highest BCUT2D eigenvalue weighted by Crippen LogP contribution is 2.42. The number of oxime groups is 1. The summed E-state index contributed by atoms with van der Waals surface area (Å²) < 4.78 is 0. The Hall–Kier alpha value is -5.06. The lowest BCUT2D eigenvalue weighted by molar-refractivity contribution is 0.0693. The van der Waals surface area contributed by atoms with Crippen LogP contribution in [0.25, 0.3) is 20.9 Å². The van der Waals surface area contributed by atoms with Gasteiger partial charge in [0.2, 0.25) is 5.78 Å². The van der Waals surface area contributed by atoms with Crippen LogP contribution >= 0.6 is 0 Å². The van der Waals surface area contributed by atoms with Crippen molar-refractivity contribution in [2.45, 2.75) is 12.8 Å². The van der Waals surface area contributed by atoms with E-state index in [9.17, 15) is 30.1 Å². The molecule has 32 heavy (non-hydrogen) atoms. The van der Waals surface area contributed by atoms with Crippen LogP contribution < -0.4 is 0 Å². The van der Waals surface area contributed by atoms with E-state index in [0.29, 0.717) is 0 Å². The van der Waals surface area contributed by atoms with Crippen LogP contribution in [0.5, 0.6) is 11.5 Å². The van der Waals surface area contributed by atoms with Gasteiger partial charge in [0.1, 0.15) is 17.1 Å². The number of rotatable bonds is 5. The largest absolute Gasteiger partial charge is 0.506 e. The van der Waals surface area contributed by atoms with Crippen LogP contribution in [0, 0.1) is 5.41 Å². The summed E-state index contributed by atoms with van der Waals surface area (Å²) in [7, 11) is 0. The molecule has 0 amide bonds. The number of benzene rings is 2. The molecule has 14 nitrogen and oxygen atoms in total. The molecule has 0 heterocycles. The molecule has 0 unspecified atom stereocenters. The molecule has 1 aliphatic carbocycles. The lowest BCUT2D eigenvalue weighted by Gasteiger charge is -2.15. The number of aromatic carboxylic acids is 1. The lowest BCUT2D eigenvalue weighted by atomic mass is 9.92. The number of nitrogens with zero attached hydrogens (tertiary/aromatic N) is 7. The Morgan fingerprint density at radius 2 is 1.72 bits per heavy atom. The summed E-state index contributed by atoms with van der Waals surface area (Å²) in [5.41, 5.74) is 14.5. The number of hydrogen-bond donors (Lipinski definition) is 5. The predicted octanol–water partition coefficient (Wildman–Crippen LogP) is 4.25. The number of fused-ring (bicyclic) bond motifs is 2. The maximum atomic E-state index is 13.3. The Morgan fingerprint density at radius 3 is 2.31 bits per heavy atom. The lowest BCUT2D eigenvalue weighted by Crippen LogP contribution is -2.10. The maximum Gasteiger partial charge on any atom is 0.339 e. The van der Waals surface area contributed by atoms with Crippen molar-refractivity contribution in [3.63, 3.8) is 0 Å². The molecule has 2 aromatic rings. The fourth-order valence-corrected chi connectivity index (χ4v) is 3.33. The summed E-state index contributed by atoms with van der Waals surface area (Å²) in [6.07, 6.45) is -0.000633. The second kappa shape index (κ2) is 8.36. The van der Waals surface area contributed by atoms with Gasteiger partial charge >= 0.3 is 5.97 Å². The number of carboxylic acids is 1. The number of hydrogen-bond acceptors (Lipinski definition) is 9. The molecule has 0 spiro atoms. The van der Waals surface area contributed by atoms with Gasteiger partial charge in [-0.1, -0.05) is 21.5 Å². The SMILES string of the molecule is [N-]=[N+]=Nc1ccc(C(=O)O)c(O)c1C(=O)c1cc2c(N=[N+]=[N-])c(c1O)/C(=N/O)CCC2=N. The Kier molecular flexibility index (Phi) is 5.65. The van der Waals surface area contributed by atoms with Crippen molar-refractivity contribution in [1.82, 2.24) is 0 Å². The summed E-state index contributed by atoms with van der Waals surface area (Å²) in [5.74, 6) is -4.51. The number of phenolic OH excluding ortho intramolecular Hbond substituents is 1. The Bertz CT molecular complexity index is 1340. The fourth-order valence-electron chi connectivity index (χ4n) is 3.33. The summed E-state index contributed by atoms with van der Waals surface area (Å²) >= 11 is 0. The van der Waals surface area contributed by atoms with Gasteiger partial charge in [-0.3, -0.25) is 4.79 Å². The molecule has 0 radical (unpaired) electrons. The molecule has 2 bridgehead atoms. The van der Waals surface area contributed by atoms with Crippen molar-refractivity contribution in [2.24, 2.45) is 15.4 Å². The van der Waals surface area contributed by atoms with Gasteiger partial charge in [0.15, 0.2) is 0 Å². The van der Waals surface area contributed by atoms with Crippen molar-refractivity contribution < 1.29 is 30.1 Å². The zero-order valence-corrected chi connectivity index (χ0v) is 15.9. The van der Waals surface area contributed by atoms with Crippen molar-refractivity contribution in [3.05, 3.63) is 66.9 Å². The number of aromatic hydroxyl groups is 2. The van der Waals surface area contributed by atoms with Crippen LogP contribution in [0.1, 0.15) is 50.2 Å². The second-order valence-electron chi connectivity index (χ2n) is 6.44. The average Bonchev–Trinajstić information content (AvgIpc) is 2.84. The standard InChI is InChI=1S/C18H12N8O6/c19-9-2-4-11(24-32)12-14(23-26-21)7(9)5-8(16(12)28)17(29)13-10(22-25-20)3-1-6(15(13)27)18(30)31/h1,3,5,19,27-28,32H,2,4H2,(H,30,31)/b19-9?,24-11+. The molecule has 5 N–H and O–H groups in total. The third kappa shape index (κ3) is 3.39. The Balaban J connectivity index is 2.42. The normalized spacial score (nSPS) is 13.6. The fraction of sp³-hybridized carbons (Fsp3) is 0.111. The van der Waals surface area contributed by atoms with E-state index in [2.05, 4.69) is 25.2 Å². The van der Waals surface area contributed by atoms with E-state index in [1.165, 1.54) is 0 Å². The van der Waals surface area contributed by atoms with Gasteiger partial charge in [-0.15, -0.1) is 0 Å². The third-order valence-corrected chi connectivity index (χ3v) is 4.77. The first-order valence-electron chi connectivity index (χ1n) is 8.70. The molecule has 1 aliphatic rings. The smallest absolute Gasteiger partial charge is 0.339 e. The molecule has 0 atom stereocenters. The van der Waals surface area contributed by atoms with Crippen LogP contribution in [-0.2, 0) is 0 Å². The van der Waals surface area contributed by atoms with Gasteiger partial charge in [-0.2, -0.15) is 0 Å². The number of phenols is 2. The minimum absolute atomic E-state index is 0.0254. The summed E-state index contributed by atoms with van der Waals surface area (Å²) in [6, 6.07) is 2.96. The monoisotopic (exact) mass is 436 g/mol. The highest BCUT2D eigenvalue weighted by atomic mass is 16.4. The molecule has 0 aromatic heterocycles. The first kappa shape index (κ1) is 21.6. The molecule has 0 aliphatic heterocycles. The summed E-state index contributed by atoms with van der Waals surface area (Å²) in [5, 5.41) is 57.8. The van der Waals surface area contributed by atoms with Crippen LogP contribution in [-0.4, -0.2) is 43.7 Å². The van der Waals surface area contributed by atoms with E-state index in [0.717, 1.165) is 18.2 Å². The minimum atomic E-state index is -1.57. The van der Waals surface area contributed by atoms with Crippen LogP contribution in [0.2, 0.25) is 0 Å². The number of nitrogens with one attached hydrogen (secondary N) is 1. The van der Waals surface area contributed by atoms with Crippen LogP contribution in [0.15, 0.2) is 33.6 Å². The Morgan fingerprint density at radius 1 is 1.03 bits per heavy atom. The number of ketones is 1. The van der Waals surface area contributed by atoms with Gasteiger partial charge in [0.05, 0.1) is 33.8 Å². The molecule has 0 saturated heterocycles. The zero-order valence-electron chi connectivity index (χ0n) is 15.9. The molecular weight excluding hydrogens is 424 g/mol. The topological polar surface area (TPSA) is 249 Å². The van der Waals surface area contributed by atoms with Gasteiger partial charge in [-0.25, -0.2) is 4.79 Å². The van der Waals surface area contributed by atoms with Crippen LogP contribution in [0.4, 0.5) is 11.4 Å². The quantitative estimate of drug-likeness (QED) is 0.114. The molecule has 3 rings (SSSR count). The molecule has 14 heteroatoms. The first-order chi connectivity index (χ1) is 15.3. The number of azide groups is 2. The predicted molar refractivity (Wildman–Crippen MR) is 109 cm³/mol. The molecule has 2 aromatic carbocycles. The van der Waals surface area contributed by atoms with Crippen molar-refractivity contribution in [3.8, 4) is 11.5 Å². The number of carbonyl (C=O) groups excluding carboxylic acids is 1. The summed E-state index contributed by atoms with van der Waals surface area (Å²) in [4.78, 5) is 29.9. The third-order valence-electron chi connectivity index (χ3n) is 4.77. The van der Waals surface area contributed by atoms with Crippen LogP contribution in [0.3, 0.4) is 0 Å². The zero-order chi connectivity index (χ0) is 23.6. The molecule has 0 fully saturated rings. The van der Waals surface area contributed by atoms with Crippen molar-refractivity contribution >= 4 is 34.6 Å². The van der Waals surface area contributed by atoms with Gasteiger partial charge in [0.25, 0.3) is 0 Å². The minimum Gasteiger partial charge on any atom is -0.506 e. The van der Waals surface area contributed by atoms with Gasteiger partial charge < -0.3 is 25.9 Å². The van der Waals surface area contributed by atoms with E-state index in [-0.39, 0.29) is 41.1 Å². The highest BCUT2D eigenvalue weighted by Gasteiger charge is 2.31. The molecule has 160 valence electrons.